The van der Waals surface area contributed by atoms with Crippen LogP contribution in [0.3, 0.4) is 0 Å². The first kappa shape index (κ1) is 17.8. The molecule has 29 heavy (non-hydrogen) atoms. The molecule has 1 aliphatic rings. The molecule has 146 valence electrons. The molecular weight excluding hydrogens is 362 g/mol. The van der Waals surface area contributed by atoms with E-state index in [1.54, 1.807) is 10.8 Å². The molecule has 1 fully saturated rings. The number of hydrogen-bond acceptors (Lipinski definition) is 6. The van der Waals surface area contributed by atoms with E-state index < -0.39 is 0 Å². The van der Waals surface area contributed by atoms with Crippen LogP contribution in [0, 0.1) is 0 Å². The van der Waals surface area contributed by atoms with Crippen molar-refractivity contribution in [2.24, 2.45) is 0 Å². The first-order chi connectivity index (χ1) is 14.4. The molecule has 0 radical (unpaired) electrons. The smallest absolute Gasteiger partial charge is 0.200 e. The lowest BCUT2D eigenvalue weighted by Crippen LogP contribution is -2.31. The van der Waals surface area contributed by atoms with Crippen LogP contribution in [0.5, 0.6) is 0 Å². The summed E-state index contributed by atoms with van der Waals surface area (Å²) < 4.78 is 1.79. The van der Waals surface area contributed by atoms with Crippen molar-refractivity contribution in [3.8, 4) is 11.3 Å². The van der Waals surface area contributed by atoms with E-state index in [2.05, 4.69) is 55.3 Å². The van der Waals surface area contributed by atoms with Crippen LogP contribution in [-0.4, -0.2) is 55.9 Å². The van der Waals surface area contributed by atoms with Crippen molar-refractivity contribution in [2.75, 3.05) is 31.1 Å². The maximum atomic E-state index is 4.70. The normalized spacial score (nSPS) is 15.5. The summed E-state index contributed by atoms with van der Waals surface area (Å²) in [7, 11) is 0. The third-order valence-corrected chi connectivity index (χ3v) is 5.40. The molecule has 7 heteroatoms. The number of nitrogens with zero attached hydrogens (tertiary/aromatic N) is 7. The third-order valence-electron chi connectivity index (χ3n) is 5.40. The molecule has 0 bridgehead atoms. The van der Waals surface area contributed by atoms with Crippen molar-refractivity contribution in [3.05, 3.63) is 72.8 Å². The Kier molecular flexibility index (Phi) is 4.88. The molecule has 4 heterocycles. The van der Waals surface area contributed by atoms with Crippen LogP contribution < -0.4 is 4.90 Å². The molecule has 5 rings (SSSR count). The summed E-state index contributed by atoms with van der Waals surface area (Å²) in [4.78, 5) is 9.05. The van der Waals surface area contributed by atoms with E-state index in [4.69, 9.17) is 5.10 Å². The van der Waals surface area contributed by atoms with Gasteiger partial charge in [0.1, 0.15) is 6.33 Å². The van der Waals surface area contributed by atoms with E-state index in [0.29, 0.717) is 0 Å². The van der Waals surface area contributed by atoms with Gasteiger partial charge in [0.25, 0.3) is 0 Å². The minimum absolute atomic E-state index is 0.812. The second kappa shape index (κ2) is 7.97. The average Bonchev–Trinajstić information content (AvgIpc) is 3.14. The summed E-state index contributed by atoms with van der Waals surface area (Å²) in [5.74, 6) is 0. The topological polar surface area (TPSA) is 62.5 Å². The lowest BCUT2D eigenvalue weighted by molar-refractivity contribution is 0.285. The monoisotopic (exact) mass is 385 g/mol. The zero-order valence-corrected chi connectivity index (χ0v) is 16.2. The fraction of sp³-hybridized carbons (Fsp3) is 0.273. The Morgan fingerprint density at radius 3 is 2.62 bits per heavy atom. The summed E-state index contributed by atoms with van der Waals surface area (Å²) in [6.07, 6.45) is 6.51. The van der Waals surface area contributed by atoms with Crippen LogP contribution in [0.25, 0.3) is 16.9 Å². The van der Waals surface area contributed by atoms with Gasteiger partial charge in [-0.3, -0.25) is 9.88 Å². The molecule has 0 amide bonds. The van der Waals surface area contributed by atoms with Gasteiger partial charge in [0.15, 0.2) is 0 Å². The third kappa shape index (κ3) is 3.82. The molecule has 0 N–H and O–H groups in total. The number of aromatic nitrogens is 5. The quantitative estimate of drug-likeness (QED) is 0.538. The average molecular weight is 385 g/mol. The standard InChI is InChI=1S/C22H23N7/c1-2-5-19(6-3-1)20-15-21(22-25-24-17-29(22)26-20)28-12-4-11-27(13-14-28)16-18-7-9-23-10-8-18/h1-3,5-10,15,17H,4,11-14,16H2. The van der Waals surface area contributed by atoms with E-state index >= 15 is 0 Å². The Morgan fingerprint density at radius 2 is 1.76 bits per heavy atom. The molecule has 3 aromatic heterocycles. The van der Waals surface area contributed by atoms with Crippen molar-refractivity contribution < 1.29 is 0 Å². The van der Waals surface area contributed by atoms with Gasteiger partial charge >= 0.3 is 0 Å². The highest BCUT2D eigenvalue weighted by Gasteiger charge is 2.20. The Labute approximate surface area is 169 Å². The van der Waals surface area contributed by atoms with Crippen molar-refractivity contribution >= 4 is 11.3 Å². The zero-order valence-electron chi connectivity index (χ0n) is 16.2. The van der Waals surface area contributed by atoms with Crippen molar-refractivity contribution in [1.29, 1.82) is 0 Å². The summed E-state index contributed by atoms with van der Waals surface area (Å²) in [5, 5.41) is 13.1. The van der Waals surface area contributed by atoms with Gasteiger partial charge in [0.2, 0.25) is 5.65 Å². The molecule has 0 atom stereocenters. The summed E-state index contributed by atoms with van der Waals surface area (Å²) in [6.45, 7) is 4.99. The van der Waals surface area contributed by atoms with E-state index in [0.717, 1.165) is 61.7 Å². The fourth-order valence-electron chi connectivity index (χ4n) is 3.91. The molecule has 4 aromatic rings. The van der Waals surface area contributed by atoms with Crippen molar-refractivity contribution in [3.63, 3.8) is 0 Å². The number of fused-ring (bicyclic) bond motifs is 1. The number of benzene rings is 1. The van der Waals surface area contributed by atoms with Gasteiger partial charge in [-0.25, -0.2) is 0 Å². The number of rotatable bonds is 4. The van der Waals surface area contributed by atoms with Gasteiger partial charge < -0.3 is 4.90 Å². The molecule has 0 spiro atoms. The van der Waals surface area contributed by atoms with Crippen LogP contribution in [0.4, 0.5) is 5.69 Å². The highest BCUT2D eigenvalue weighted by atomic mass is 15.4. The minimum Gasteiger partial charge on any atom is -0.367 e. The fourth-order valence-corrected chi connectivity index (χ4v) is 3.91. The Morgan fingerprint density at radius 1 is 0.897 bits per heavy atom. The van der Waals surface area contributed by atoms with Gasteiger partial charge in [-0.2, -0.15) is 9.61 Å². The molecule has 1 aromatic carbocycles. The van der Waals surface area contributed by atoms with E-state index in [9.17, 15) is 0 Å². The maximum absolute atomic E-state index is 4.70. The first-order valence-electron chi connectivity index (χ1n) is 9.99. The summed E-state index contributed by atoms with van der Waals surface area (Å²) >= 11 is 0. The van der Waals surface area contributed by atoms with Crippen LogP contribution in [-0.2, 0) is 6.54 Å². The number of hydrogen-bond donors (Lipinski definition) is 0. The summed E-state index contributed by atoms with van der Waals surface area (Å²) in [6, 6.07) is 16.6. The molecule has 0 saturated carbocycles. The van der Waals surface area contributed by atoms with E-state index in [1.807, 2.05) is 30.6 Å². The van der Waals surface area contributed by atoms with Gasteiger partial charge in [-0.15, -0.1) is 10.2 Å². The molecule has 0 aliphatic carbocycles. The Balaban J connectivity index is 1.41. The van der Waals surface area contributed by atoms with E-state index in [-0.39, 0.29) is 0 Å². The van der Waals surface area contributed by atoms with Crippen LogP contribution in [0.1, 0.15) is 12.0 Å². The van der Waals surface area contributed by atoms with Crippen molar-refractivity contribution in [2.45, 2.75) is 13.0 Å². The molecule has 1 aliphatic heterocycles. The highest BCUT2D eigenvalue weighted by Crippen LogP contribution is 2.27. The van der Waals surface area contributed by atoms with Gasteiger partial charge in [-0.1, -0.05) is 30.3 Å². The van der Waals surface area contributed by atoms with Gasteiger partial charge in [-0.05, 0) is 30.2 Å². The maximum Gasteiger partial charge on any atom is 0.200 e. The molecule has 7 nitrogen and oxygen atoms in total. The first-order valence-corrected chi connectivity index (χ1v) is 9.99. The Hall–Kier alpha value is -3.32. The van der Waals surface area contributed by atoms with Crippen LogP contribution in [0.15, 0.2) is 67.3 Å². The SMILES string of the molecule is c1ccc(-c2cc(N3CCCN(Cc4ccncc4)CC3)c3nncn3n2)cc1. The molecular formula is C22H23N7. The number of pyridine rings is 1. The van der Waals surface area contributed by atoms with Crippen molar-refractivity contribution in [1.82, 2.24) is 29.7 Å². The highest BCUT2D eigenvalue weighted by molar-refractivity contribution is 5.74. The molecule has 0 unspecified atom stereocenters. The lowest BCUT2D eigenvalue weighted by atomic mass is 10.1. The second-order valence-electron chi connectivity index (χ2n) is 7.35. The summed E-state index contributed by atoms with van der Waals surface area (Å²) in [5.41, 5.74) is 5.25. The van der Waals surface area contributed by atoms with Gasteiger partial charge in [0.05, 0.1) is 11.4 Å². The minimum atomic E-state index is 0.812. The van der Waals surface area contributed by atoms with Crippen LogP contribution >= 0.6 is 0 Å². The van der Waals surface area contributed by atoms with Gasteiger partial charge in [0, 0.05) is 50.7 Å². The molecule has 1 saturated heterocycles. The van der Waals surface area contributed by atoms with Crippen LogP contribution in [0.2, 0.25) is 0 Å². The largest absolute Gasteiger partial charge is 0.367 e. The number of anilines is 1. The Bertz CT molecular complexity index is 1080. The predicted octanol–water partition coefficient (Wildman–Crippen LogP) is 2.90. The zero-order chi connectivity index (χ0) is 19.5. The lowest BCUT2D eigenvalue weighted by Gasteiger charge is -2.24. The van der Waals surface area contributed by atoms with E-state index in [1.165, 1.54) is 5.56 Å². The predicted molar refractivity (Wildman–Crippen MR) is 113 cm³/mol. The second-order valence-corrected chi connectivity index (χ2v) is 7.35.